The van der Waals surface area contributed by atoms with E-state index in [1.54, 1.807) is 0 Å². The van der Waals surface area contributed by atoms with Crippen LogP contribution in [-0.2, 0) is 12.8 Å². The van der Waals surface area contributed by atoms with Gasteiger partial charge in [0.15, 0.2) is 0 Å². The van der Waals surface area contributed by atoms with Crippen LogP contribution in [-0.4, -0.2) is 11.0 Å². The van der Waals surface area contributed by atoms with Gasteiger partial charge in [0.2, 0.25) is 0 Å². The third-order valence-electron chi connectivity index (χ3n) is 3.37. The number of pyridine rings is 1. The monoisotopic (exact) mass is 254 g/mol. The molecule has 0 aliphatic heterocycles. The predicted molar refractivity (Wildman–Crippen MR) is 80.2 cm³/mol. The van der Waals surface area contributed by atoms with E-state index in [0.717, 1.165) is 25.0 Å². The average molecular weight is 254 g/mol. The Hall–Kier alpha value is -1.67. The molecule has 1 aromatic carbocycles. The molecule has 0 aliphatic carbocycles. The van der Waals surface area contributed by atoms with E-state index in [-0.39, 0.29) is 6.04 Å². The highest BCUT2D eigenvalue weighted by molar-refractivity contribution is 5.21. The Kier molecular flexibility index (Phi) is 4.69. The van der Waals surface area contributed by atoms with Crippen LogP contribution in [0.1, 0.15) is 28.8 Å². The van der Waals surface area contributed by atoms with Gasteiger partial charge in [-0.05, 0) is 43.9 Å². The smallest absolute Gasteiger partial charge is 0.0419 e. The quantitative estimate of drug-likeness (QED) is 0.890. The first-order valence-electron chi connectivity index (χ1n) is 6.86. The molecule has 0 saturated carbocycles. The molecule has 0 bridgehead atoms. The lowest BCUT2D eigenvalue weighted by atomic mass is 10.0. The zero-order valence-corrected chi connectivity index (χ0v) is 11.8. The molecule has 100 valence electrons. The summed E-state index contributed by atoms with van der Waals surface area (Å²) in [7, 11) is 0. The summed E-state index contributed by atoms with van der Waals surface area (Å²) in [5.74, 6) is 0. The number of aromatic nitrogens is 1. The maximum absolute atomic E-state index is 6.18. The van der Waals surface area contributed by atoms with Crippen LogP contribution in [0.15, 0.2) is 42.6 Å². The summed E-state index contributed by atoms with van der Waals surface area (Å²) in [5, 5.41) is 0. The molecule has 2 heteroatoms. The van der Waals surface area contributed by atoms with Crippen LogP contribution in [0.3, 0.4) is 0 Å². The van der Waals surface area contributed by atoms with Crippen molar-refractivity contribution in [2.45, 2.75) is 39.2 Å². The molecular formula is C17H22N2. The normalized spacial score (nSPS) is 12.4. The van der Waals surface area contributed by atoms with Crippen molar-refractivity contribution in [1.29, 1.82) is 0 Å². The lowest BCUT2D eigenvalue weighted by molar-refractivity contribution is 0.603. The van der Waals surface area contributed by atoms with Gasteiger partial charge >= 0.3 is 0 Å². The third-order valence-corrected chi connectivity index (χ3v) is 3.37. The summed E-state index contributed by atoms with van der Waals surface area (Å²) in [5.41, 5.74) is 11.1. The van der Waals surface area contributed by atoms with Crippen molar-refractivity contribution in [3.8, 4) is 0 Å². The maximum Gasteiger partial charge on any atom is 0.0419 e. The van der Waals surface area contributed by atoms with Crippen LogP contribution in [0.25, 0.3) is 0 Å². The molecule has 2 aromatic rings. The summed E-state index contributed by atoms with van der Waals surface area (Å²) >= 11 is 0. The Morgan fingerprint density at radius 3 is 2.32 bits per heavy atom. The van der Waals surface area contributed by atoms with E-state index in [1.807, 2.05) is 13.1 Å². The highest BCUT2D eigenvalue weighted by Crippen LogP contribution is 2.09. The van der Waals surface area contributed by atoms with Crippen LogP contribution in [0.4, 0.5) is 0 Å². The summed E-state index contributed by atoms with van der Waals surface area (Å²) in [6.45, 7) is 4.16. The zero-order valence-electron chi connectivity index (χ0n) is 11.8. The van der Waals surface area contributed by atoms with Gasteiger partial charge in [-0.1, -0.05) is 35.9 Å². The van der Waals surface area contributed by atoms with E-state index in [4.69, 9.17) is 5.73 Å². The fraction of sp³-hybridized carbons (Fsp3) is 0.353. The van der Waals surface area contributed by atoms with Crippen LogP contribution >= 0.6 is 0 Å². The van der Waals surface area contributed by atoms with Crippen LogP contribution in [0.2, 0.25) is 0 Å². The highest BCUT2D eigenvalue weighted by Gasteiger charge is 2.05. The molecule has 0 spiro atoms. The molecular weight excluding hydrogens is 232 g/mol. The van der Waals surface area contributed by atoms with Crippen molar-refractivity contribution < 1.29 is 0 Å². The first-order chi connectivity index (χ1) is 9.13. The number of benzene rings is 1. The lowest BCUT2D eigenvalue weighted by Gasteiger charge is -2.11. The molecule has 0 saturated heterocycles. The zero-order chi connectivity index (χ0) is 13.7. The van der Waals surface area contributed by atoms with Gasteiger partial charge < -0.3 is 5.73 Å². The summed E-state index contributed by atoms with van der Waals surface area (Å²) < 4.78 is 0. The summed E-state index contributed by atoms with van der Waals surface area (Å²) in [4.78, 5) is 4.40. The Bertz CT molecular complexity index is 500. The standard InChI is InChI=1S/C17H22N2/c1-13-3-6-15(7-4-13)8-9-16(18)11-17-10-5-14(2)12-19-17/h3-7,10,12,16H,8-9,11,18H2,1-2H3. The Morgan fingerprint density at radius 1 is 1.00 bits per heavy atom. The number of hydrogen-bond acceptors (Lipinski definition) is 2. The van der Waals surface area contributed by atoms with Crippen molar-refractivity contribution in [2.75, 3.05) is 0 Å². The van der Waals surface area contributed by atoms with Crippen LogP contribution in [0, 0.1) is 13.8 Å². The molecule has 0 aliphatic rings. The molecule has 0 fully saturated rings. The average Bonchev–Trinajstić information content (AvgIpc) is 2.41. The van der Waals surface area contributed by atoms with E-state index in [2.05, 4.69) is 48.3 Å². The summed E-state index contributed by atoms with van der Waals surface area (Å²) in [6, 6.07) is 13.0. The minimum absolute atomic E-state index is 0.177. The van der Waals surface area contributed by atoms with E-state index >= 15 is 0 Å². The molecule has 0 radical (unpaired) electrons. The van der Waals surface area contributed by atoms with Crippen LogP contribution in [0.5, 0.6) is 0 Å². The molecule has 1 heterocycles. The third kappa shape index (κ3) is 4.49. The molecule has 1 aromatic heterocycles. The molecule has 19 heavy (non-hydrogen) atoms. The minimum Gasteiger partial charge on any atom is -0.327 e. The number of rotatable bonds is 5. The molecule has 1 unspecified atom stereocenters. The summed E-state index contributed by atoms with van der Waals surface area (Å²) in [6.07, 6.45) is 4.79. The molecule has 2 nitrogen and oxygen atoms in total. The Labute approximate surface area is 115 Å². The topological polar surface area (TPSA) is 38.9 Å². The SMILES string of the molecule is Cc1ccc(CCC(N)Cc2ccc(C)cn2)cc1. The van der Waals surface area contributed by atoms with Crippen molar-refractivity contribution in [3.63, 3.8) is 0 Å². The van der Waals surface area contributed by atoms with E-state index in [1.165, 1.54) is 16.7 Å². The Morgan fingerprint density at radius 2 is 1.68 bits per heavy atom. The van der Waals surface area contributed by atoms with Gasteiger partial charge in [-0.2, -0.15) is 0 Å². The lowest BCUT2D eigenvalue weighted by Crippen LogP contribution is -2.24. The van der Waals surface area contributed by atoms with E-state index < -0.39 is 0 Å². The van der Waals surface area contributed by atoms with Crippen molar-refractivity contribution in [1.82, 2.24) is 4.98 Å². The number of aryl methyl sites for hydroxylation is 3. The number of nitrogens with zero attached hydrogens (tertiary/aromatic N) is 1. The van der Waals surface area contributed by atoms with Crippen molar-refractivity contribution >= 4 is 0 Å². The van der Waals surface area contributed by atoms with Crippen molar-refractivity contribution in [3.05, 3.63) is 65.0 Å². The van der Waals surface area contributed by atoms with Gasteiger partial charge in [0.25, 0.3) is 0 Å². The minimum atomic E-state index is 0.177. The van der Waals surface area contributed by atoms with Gasteiger partial charge in [-0.25, -0.2) is 0 Å². The molecule has 2 rings (SSSR count). The second kappa shape index (κ2) is 6.48. The Balaban J connectivity index is 1.82. The fourth-order valence-corrected chi connectivity index (χ4v) is 2.10. The second-order valence-electron chi connectivity index (χ2n) is 5.32. The van der Waals surface area contributed by atoms with Crippen molar-refractivity contribution in [2.24, 2.45) is 5.73 Å². The van der Waals surface area contributed by atoms with Gasteiger partial charge in [-0.3, -0.25) is 4.98 Å². The van der Waals surface area contributed by atoms with E-state index in [9.17, 15) is 0 Å². The predicted octanol–water partition coefficient (Wildman–Crippen LogP) is 3.20. The highest BCUT2D eigenvalue weighted by atomic mass is 14.7. The molecule has 0 amide bonds. The number of hydrogen-bond donors (Lipinski definition) is 1. The molecule has 1 atom stereocenters. The largest absolute Gasteiger partial charge is 0.327 e. The molecule has 2 N–H and O–H groups in total. The second-order valence-corrected chi connectivity index (χ2v) is 5.32. The van der Waals surface area contributed by atoms with Gasteiger partial charge in [-0.15, -0.1) is 0 Å². The first-order valence-corrected chi connectivity index (χ1v) is 6.86. The van der Waals surface area contributed by atoms with E-state index in [0.29, 0.717) is 0 Å². The van der Waals surface area contributed by atoms with Gasteiger partial charge in [0.05, 0.1) is 0 Å². The fourth-order valence-electron chi connectivity index (χ4n) is 2.10. The maximum atomic E-state index is 6.18. The number of nitrogens with two attached hydrogens (primary N) is 1. The van der Waals surface area contributed by atoms with Gasteiger partial charge in [0, 0.05) is 24.4 Å². The van der Waals surface area contributed by atoms with Crippen LogP contribution < -0.4 is 5.73 Å². The van der Waals surface area contributed by atoms with Gasteiger partial charge in [0.1, 0.15) is 0 Å². The first kappa shape index (κ1) is 13.8.